The minimum atomic E-state index is -3.73. The van der Waals surface area contributed by atoms with Crippen LogP contribution < -0.4 is 40.0 Å². The number of carbonyl (C=O) groups is 2. The van der Waals surface area contributed by atoms with E-state index in [9.17, 15) is 42.1 Å². The van der Waals surface area contributed by atoms with Gasteiger partial charge in [0.25, 0.3) is 5.91 Å². The van der Waals surface area contributed by atoms with Crippen molar-refractivity contribution in [2.75, 3.05) is 14.1 Å². The summed E-state index contributed by atoms with van der Waals surface area (Å²) in [6, 6.07) is 17.1. The van der Waals surface area contributed by atoms with E-state index in [1.165, 1.54) is 62.6 Å². The van der Waals surface area contributed by atoms with E-state index in [1.54, 1.807) is 28.8 Å². The van der Waals surface area contributed by atoms with Crippen molar-refractivity contribution in [3.63, 3.8) is 0 Å². The Morgan fingerprint density at radius 1 is 0.900 bits per heavy atom. The first kappa shape index (κ1) is 41.0. The number of aliphatic carboxylic acids is 1. The van der Waals surface area contributed by atoms with E-state index in [4.69, 9.17) is 0 Å². The van der Waals surface area contributed by atoms with Gasteiger partial charge in [0.2, 0.25) is 10.0 Å². The second-order valence-electron chi connectivity index (χ2n) is 12.3. The molecule has 1 aromatic heterocycles. The third-order valence-electron chi connectivity index (χ3n) is 8.10. The number of nitrogens with zero attached hydrogens (tertiary/aromatic N) is 2. The first-order valence-electron chi connectivity index (χ1n) is 15.7. The van der Waals surface area contributed by atoms with Crippen LogP contribution in [0.3, 0.4) is 0 Å². The maximum Gasteiger partial charge on any atom is 1.00 e. The molecule has 0 aliphatic carbocycles. The molecule has 0 unspecified atom stereocenters. The fourth-order valence-electron chi connectivity index (χ4n) is 5.81. The van der Waals surface area contributed by atoms with Crippen LogP contribution in [-0.4, -0.2) is 65.7 Å². The molecular weight excluding hydrogens is 679 g/mol. The van der Waals surface area contributed by atoms with E-state index in [0.29, 0.717) is 33.5 Å². The van der Waals surface area contributed by atoms with Gasteiger partial charge in [-0.2, -0.15) is 0 Å². The van der Waals surface area contributed by atoms with Crippen LogP contribution in [-0.2, 0) is 27.8 Å². The molecule has 262 valence electrons. The average molecular weight is 720 g/mol. The number of benzene rings is 3. The van der Waals surface area contributed by atoms with Gasteiger partial charge in [0.1, 0.15) is 17.3 Å². The summed E-state index contributed by atoms with van der Waals surface area (Å²) in [5.41, 5.74) is 3.36. The second-order valence-corrected chi connectivity index (χ2v) is 14.5. The summed E-state index contributed by atoms with van der Waals surface area (Å²) < 4.78 is 56.6. The fraction of sp³-hybridized carbons (Fsp3) is 0.333. The summed E-state index contributed by atoms with van der Waals surface area (Å²) in [5.74, 6) is -2.94. The smallest absolute Gasteiger partial charge is 0.550 e. The predicted molar refractivity (Wildman–Crippen MR) is 179 cm³/mol. The molecule has 4 rings (SSSR count). The van der Waals surface area contributed by atoms with Crippen LogP contribution in [0, 0.1) is 11.6 Å². The Morgan fingerprint density at radius 3 is 1.98 bits per heavy atom. The number of nitrogens with one attached hydrogen (secondary N) is 1. The Labute approximate surface area is 313 Å². The number of aliphatic hydroxyl groups is 2. The normalized spacial score (nSPS) is 12.8. The van der Waals surface area contributed by atoms with Crippen LogP contribution in [0.1, 0.15) is 60.9 Å². The summed E-state index contributed by atoms with van der Waals surface area (Å²) in [6.45, 7) is 3.69. The van der Waals surface area contributed by atoms with Crippen LogP contribution in [0.25, 0.3) is 22.3 Å². The molecule has 4 aromatic rings. The number of rotatable bonds is 15. The molecule has 14 heteroatoms. The zero-order valence-corrected chi connectivity index (χ0v) is 31.5. The maximum atomic E-state index is 14.3. The second kappa shape index (κ2) is 17.7. The van der Waals surface area contributed by atoms with Gasteiger partial charge in [-0.15, -0.1) is 0 Å². The van der Waals surface area contributed by atoms with E-state index in [0.717, 1.165) is 4.31 Å². The average Bonchev–Trinajstić information content (AvgIpc) is 3.38. The quantitative estimate of drug-likeness (QED) is 0.156. The Balaban J connectivity index is 0.00000676. The molecule has 0 fully saturated rings. The summed E-state index contributed by atoms with van der Waals surface area (Å²) in [5, 5.41) is 34.7. The summed E-state index contributed by atoms with van der Waals surface area (Å²) >= 11 is 0. The first-order chi connectivity index (χ1) is 23.1. The Morgan fingerprint density at radius 2 is 1.46 bits per heavy atom. The largest absolute Gasteiger partial charge is 1.00 e. The number of halogens is 2. The standard InChI is InChI=1S/C36H41F2N3O7S.Na/c1-22(2)41-31(17-16-28(42)19-29(43)20-32(44)45)33(24-8-12-26(37)13-9-24)34(25-10-14-27(38)15-11-25)35(41)36(46)39-21-23-6-5-7-30(18-23)49(47,48)40(3)4;/h5-15,18,22,28-29,42-43H,16-17,19-21H2,1-4H3,(H,39,46)(H,44,45);/q;+1/p-1/t28-,29-;/m1./s1. The minimum absolute atomic E-state index is 0. The van der Waals surface area contributed by atoms with Crippen LogP contribution in [0.5, 0.6) is 0 Å². The number of aliphatic hydroxyl groups excluding tert-OH is 2. The molecule has 0 bridgehead atoms. The third-order valence-corrected chi connectivity index (χ3v) is 9.91. The van der Waals surface area contributed by atoms with Gasteiger partial charge in [0.05, 0.1) is 17.1 Å². The molecule has 0 saturated carbocycles. The number of sulfonamides is 1. The Hall–Kier alpha value is -3.43. The van der Waals surface area contributed by atoms with Crippen molar-refractivity contribution in [3.05, 3.63) is 101 Å². The molecule has 0 spiro atoms. The van der Waals surface area contributed by atoms with E-state index in [1.807, 2.05) is 13.8 Å². The summed E-state index contributed by atoms with van der Waals surface area (Å²) in [4.78, 5) is 25.3. The van der Waals surface area contributed by atoms with Gasteiger partial charge in [0.15, 0.2) is 0 Å². The van der Waals surface area contributed by atoms with Crippen molar-refractivity contribution in [2.45, 2.75) is 69.2 Å². The van der Waals surface area contributed by atoms with Gasteiger partial charge in [-0.05, 0) is 86.2 Å². The number of carboxylic acid groups (broad SMARTS) is 1. The number of aromatic nitrogens is 1. The Bertz CT molecular complexity index is 1900. The van der Waals surface area contributed by atoms with Gasteiger partial charge in [0, 0.05) is 55.9 Å². The van der Waals surface area contributed by atoms with Crippen molar-refractivity contribution in [2.24, 2.45) is 0 Å². The van der Waals surface area contributed by atoms with Gasteiger partial charge in [-0.3, -0.25) is 4.79 Å². The van der Waals surface area contributed by atoms with Crippen LogP contribution >= 0.6 is 0 Å². The molecule has 3 aromatic carbocycles. The van der Waals surface area contributed by atoms with E-state index < -0.39 is 52.2 Å². The topological polar surface area (TPSA) is 152 Å². The fourth-order valence-corrected chi connectivity index (χ4v) is 6.78. The van der Waals surface area contributed by atoms with E-state index in [-0.39, 0.29) is 72.0 Å². The SMILES string of the molecule is CC(C)n1c(CC[C@@H](O)C[C@@H](O)CC(=O)[O-])c(-c2ccc(F)cc2)c(-c2ccc(F)cc2)c1C(=O)NCc1cccc(S(=O)(=O)N(C)C)c1.[Na+]. The molecule has 10 nitrogen and oxygen atoms in total. The molecule has 50 heavy (non-hydrogen) atoms. The van der Waals surface area contributed by atoms with Crippen LogP contribution in [0.4, 0.5) is 8.78 Å². The number of carboxylic acids is 1. The third kappa shape index (κ3) is 9.87. The molecule has 3 N–H and O–H groups in total. The number of hydrogen-bond acceptors (Lipinski definition) is 7. The van der Waals surface area contributed by atoms with Crippen molar-refractivity contribution in [1.82, 2.24) is 14.2 Å². The molecule has 0 radical (unpaired) electrons. The van der Waals surface area contributed by atoms with Gasteiger partial charge in [-0.1, -0.05) is 36.4 Å². The van der Waals surface area contributed by atoms with E-state index >= 15 is 0 Å². The van der Waals surface area contributed by atoms with E-state index in [2.05, 4.69) is 5.32 Å². The van der Waals surface area contributed by atoms with Crippen molar-refractivity contribution in [3.8, 4) is 22.3 Å². The van der Waals surface area contributed by atoms with Crippen molar-refractivity contribution >= 4 is 21.9 Å². The van der Waals surface area contributed by atoms with Gasteiger partial charge < -0.3 is 30.0 Å². The van der Waals surface area contributed by atoms with Gasteiger partial charge in [-0.25, -0.2) is 21.5 Å². The van der Waals surface area contributed by atoms with Crippen molar-refractivity contribution in [1.29, 1.82) is 0 Å². The predicted octanol–water partition coefficient (Wildman–Crippen LogP) is 1.05. The molecule has 0 aliphatic rings. The minimum Gasteiger partial charge on any atom is -0.550 e. The summed E-state index contributed by atoms with van der Waals surface area (Å²) in [6.07, 6.45) is -3.05. The van der Waals surface area contributed by atoms with Crippen molar-refractivity contribution < 1.29 is 71.7 Å². The number of carbonyl (C=O) groups excluding carboxylic acids is 2. The molecule has 2 atom stereocenters. The molecule has 1 heterocycles. The first-order valence-corrected chi connectivity index (χ1v) is 17.2. The molecule has 0 saturated heterocycles. The van der Waals surface area contributed by atoms with Crippen LogP contribution in [0.2, 0.25) is 0 Å². The zero-order valence-electron chi connectivity index (χ0n) is 28.7. The number of hydrogen-bond donors (Lipinski definition) is 3. The molecule has 0 aliphatic heterocycles. The number of amides is 1. The maximum absolute atomic E-state index is 14.3. The van der Waals surface area contributed by atoms with Crippen LogP contribution in [0.15, 0.2) is 77.7 Å². The molecular formula is C36H40F2N3NaO7S. The molecule has 1 amide bonds. The monoisotopic (exact) mass is 719 g/mol. The zero-order chi connectivity index (χ0) is 36.0. The summed E-state index contributed by atoms with van der Waals surface area (Å²) in [7, 11) is -0.882. The Kier molecular flexibility index (Phi) is 14.5. The van der Waals surface area contributed by atoms with Gasteiger partial charge >= 0.3 is 29.6 Å².